The number of aromatic nitrogens is 1. The molecule has 1 unspecified atom stereocenters. The first kappa shape index (κ1) is 13.4. The SMILES string of the molecule is CC(NC(=O)c1nc(NN)ccc1Cl)c1ccco1. The number of carbonyl (C=O) groups is 1. The zero-order chi connectivity index (χ0) is 13.8. The highest BCUT2D eigenvalue weighted by molar-refractivity contribution is 6.33. The van der Waals surface area contributed by atoms with Gasteiger partial charge in [-0.3, -0.25) is 4.79 Å². The molecule has 0 saturated carbocycles. The standard InChI is InChI=1S/C12H13ClN4O2/c1-7(9-3-2-6-19-9)15-12(18)11-8(13)4-5-10(16-11)17-14/h2-7H,14H2,1H3,(H,15,18)(H,16,17). The summed E-state index contributed by atoms with van der Waals surface area (Å²) in [4.78, 5) is 16.1. The summed E-state index contributed by atoms with van der Waals surface area (Å²) in [6.45, 7) is 1.80. The van der Waals surface area contributed by atoms with Crippen LogP contribution in [0.15, 0.2) is 34.9 Å². The van der Waals surface area contributed by atoms with Gasteiger partial charge in [0.25, 0.3) is 5.91 Å². The second-order valence-electron chi connectivity index (χ2n) is 3.88. The Kier molecular flexibility index (Phi) is 4.03. The molecule has 0 aliphatic rings. The van der Waals surface area contributed by atoms with Gasteiger partial charge in [0.2, 0.25) is 0 Å². The fraction of sp³-hybridized carbons (Fsp3) is 0.167. The Morgan fingerprint density at radius 2 is 2.26 bits per heavy atom. The number of hydrogen-bond donors (Lipinski definition) is 3. The molecule has 1 amide bonds. The minimum Gasteiger partial charge on any atom is -0.467 e. The van der Waals surface area contributed by atoms with E-state index in [0.29, 0.717) is 11.6 Å². The van der Waals surface area contributed by atoms with E-state index in [2.05, 4.69) is 15.7 Å². The Morgan fingerprint density at radius 3 is 2.89 bits per heavy atom. The van der Waals surface area contributed by atoms with E-state index in [4.69, 9.17) is 21.9 Å². The van der Waals surface area contributed by atoms with E-state index in [1.54, 1.807) is 37.5 Å². The summed E-state index contributed by atoms with van der Waals surface area (Å²) in [6, 6.07) is 6.38. The number of anilines is 1. The molecule has 0 aromatic carbocycles. The first-order valence-corrected chi connectivity index (χ1v) is 5.97. The Balaban J connectivity index is 2.16. The highest BCUT2D eigenvalue weighted by atomic mass is 35.5. The number of furan rings is 1. The van der Waals surface area contributed by atoms with Crippen LogP contribution in [0, 0.1) is 0 Å². The molecule has 2 aromatic rings. The second-order valence-corrected chi connectivity index (χ2v) is 4.29. The number of hydrogen-bond acceptors (Lipinski definition) is 5. The number of carbonyl (C=O) groups excluding carboxylic acids is 1. The van der Waals surface area contributed by atoms with Gasteiger partial charge in [0, 0.05) is 0 Å². The van der Waals surface area contributed by atoms with Crippen molar-refractivity contribution in [3.8, 4) is 0 Å². The average molecular weight is 281 g/mol. The summed E-state index contributed by atoms with van der Waals surface area (Å²) in [5, 5.41) is 3.00. The Hall–Kier alpha value is -2.05. The number of halogens is 1. The van der Waals surface area contributed by atoms with Crippen LogP contribution in [0.2, 0.25) is 5.02 Å². The molecule has 0 radical (unpaired) electrons. The van der Waals surface area contributed by atoms with E-state index in [1.165, 1.54) is 0 Å². The van der Waals surface area contributed by atoms with Crippen LogP contribution in [0.1, 0.15) is 29.2 Å². The molecule has 2 aromatic heterocycles. The quantitative estimate of drug-likeness (QED) is 0.589. The molecule has 0 aliphatic carbocycles. The van der Waals surface area contributed by atoms with Gasteiger partial charge in [-0.2, -0.15) is 0 Å². The average Bonchev–Trinajstić information content (AvgIpc) is 2.93. The van der Waals surface area contributed by atoms with Crippen LogP contribution in [0.5, 0.6) is 0 Å². The van der Waals surface area contributed by atoms with Crippen molar-refractivity contribution in [1.82, 2.24) is 10.3 Å². The Bertz CT molecular complexity index is 571. The fourth-order valence-electron chi connectivity index (χ4n) is 1.56. The minimum atomic E-state index is -0.397. The van der Waals surface area contributed by atoms with E-state index in [1.807, 2.05) is 0 Å². The molecule has 6 nitrogen and oxygen atoms in total. The van der Waals surface area contributed by atoms with Crippen LogP contribution in [-0.4, -0.2) is 10.9 Å². The molecule has 100 valence electrons. The third kappa shape index (κ3) is 3.04. The first-order valence-electron chi connectivity index (χ1n) is 5.59. The zero-order valence-corrected chi connectivity index (χ0v) is 10.9. The second kappa shape index (κ2) is 5.73. The first-order chi connectivity index (χ1) is 9.11. The van der Waals surface area contributed by atoms with Gasteiger partial charge < -0.3 is 15.2 Å². The molecule has 0 aliphatic heterocycles. The monoisotopic (exact) mass is 280 g/mol. The summed E-state index contributed by atoms with van der Waals surface area (Å²) < 4.78 is 5.21. The van der Waals surface area contributed by atoms with Crippen LogP contribution < -0.4 is 16.6 Å². The molecule has 1 atom stereocenters. The van der Waals surface area contributed by atoms with E-state index in [9.17, 15) is 4.79 Å². The highest BCUT2D eigenvalue weighted by Crippen LogP contribution is 2.18. The van der Waals surface area contributed by atoms with Gasteiger partial charge in [0.15, 0.2) is 0 Å². The van der Waals surface area contributed by atoms with E-state index >= 15 is 0 Å². The highest BCUT2D eigenvalue weighted by Gasteiger charge is 2.17. The van der Waals surface area contributed by atoms with Gasteiger partial charge in [0.05, 0.1) is 17.3 Å². The summed E-state index contributed by atoms with van der Waals surface area (Å²) in [5.41, 5.74) is 2.47. The number of nitrogen functional groups attached to an aromatic ring is 1. The lowest BCUT2D eigenvalue weighted by atomic mass is 10.2. The number of amides is 1. The van der Waals surface area contributed by atoms with E-state index < -0.39 is 5.91 Å². The Labute approximate surface area is 114 Å². The third-order valence-corrected chi connectivity index (χ3v) is 2.83. The van der Waals surface area contributed by atoms with Crippen molar-refractivity contribution < 1.29 is 9.21 Å². The lowest BCUT2D eigenvalue weighted by molar-refractivity contribution is 0.0930. The maximum Gasteiger partial charge on any atom is 0.272 e. The lowest BCUT2D eigenvalue weighted by Gasteiger charge is -2.12. The van der Waals surface area contributed by atoms with Gasteiger partial charge in [-0.05, 0) is 31.2 Å². The number of pyridine rings is 1. The number of rotatable bonds is 4. The number of nitrogens with one attached hydrogen (secondary N) is 2. The topological polar surface area (TPSA) is 93.2 Å². The molecule has 2 heterocycles. The Morgan fingerprint density at radius 1 is 1.47 bits per heavy atom. The van der Waals surface area contributed by atoms with Crippen LogP contribution in [0.3, 0.4) is 0 Å². The van der Waals surface area contributed by atoms with Crippen molar-refractivity contribution in [3.05, 3.63) is 47.0 Å². The molecule has 19 heavy (non-hydrogen) atoms. The van der Waals surface area contributed by atoms with Crippen molar-refractivity contribution in [2.45, 2.75) is 13.0 Å². The minimum absolute atomic E-state index is 0.107. The molecular weight excluding hydrogens is 268 g/mol. The van der Waals surface area contributed by atoms with Crippen LogP contribution in [0.4, 0.5) is 5.82 Å². The largest absolute Gasteiger partial charge is 0.467 e. The summed E-state index contributed by atoms with van der Waals surface area (Å²) >= 11 is 5.94. The van der Waals surface area contributed by atoms with Crippen molar-refractivity contribution in [2.75, 3.05) is 5.43 Å². The fourth-order valence-corrected chi connectivity index (χ4v) is 1.75. The van der Waals surface area contributed by atoms with Crippen LogP contribution in [-0.2, 0) is 0 Å². The van der Waals surface area contributed by atoms with Gasteiger partial charge in [-0.1, -0.05) is 11.6 Å². The van der Waals surface area contributed by atoms with Crippen LogP contribution in [0.25, 0.3) is 0 Å². The van der Waals surface area contributed by atoms with Crippen LogP contribution >= 0.6 is 11.6 Å². The van der Waals surface area contributed by atoms with Crippen molar-refractivity contribution >= 4 is 23.3 Å². The predicted octanol–water partition coefficient (Wildman–Crippen LogP) is 2.10. The molecule has 0 bridgehead atoms. The molecule has 2 rings (SSSR count). The number of hydrazine groups is 1. The summed E-state index contributed by atoms with van der Waals surface area (Å²) in [5.74, 6) is 5.86. The lowest BCUT2D eigenvalue weighted by Crippen LogP contribution is -2.28. The number of nitrogens with two attached hydrogens (primary N) is 1. The van der Waals surface area contributed by atoms with Gasteiger partial charge in [0.1, 0.15) is 17.3 Å². The summed E-state index contributed by atoms with van der Waals surface area (Å²) in [6.07, 6.45) is 1.54. The molecule has 7 heteroatoms. The van der Waals surface area contributed by atoms with Crippen molar-refractivity contribution in [3.63, 3.8) is 0 Å². The molecule has 4 N–H and O–H groups in total. The van der Waals surface area contributed by atoms with Gasteiger partial charge in [-0.15, -0.1) is 0 Å². The maximum absolute atomic E-state index is 12.1. The van der Waals surface area contributed by atoms with Crippen molar-refractivity contribution in [1.29, 1.82) is 0 Å². The maximum atomic E-state index is 12.1. The number of nitrogens with zero attached hydrogens (tertiary/aromatic N) is 1. The normalized spacial score (nSPS) is 11.9. The smallest absolute Gasteiger partial charge is 0.272 e. The predicted molar refractivity (Wildman–Crippen MR) is 71.6 cm³/mol. The summed E-state index contributed by atoms with van der Waals surface area (Å²) in [7, 11) is 0. The van der Waals surface area contributed by atoms with Gasteiger partial charge in [-0.25, -0.2) is 10.8 Å². The molecule has 0 spiro atoms. The molecule has 0 fully saturated rings. The third-order valence-electron chi connectivity index (χ3n) is 2.53. The van der Waals surface area contributed by atoms with Gasteiger partial charge >= 0.3 is 0 Å². The zero-order valence-electron chi connectivity index (χ0n) is 10.2. The molecular formula is C12H13ClN4O2. The van der Waals surface area contributed by atoms with E-state index in [0.717, 1.165) is 0 Å². The molecule has 0 saturated heterocycles. The van der Waals surface area contributed by atoms with E-state index in [-0.39, 0.29) is 16.8 Å². The van der Waals surface area contributed by atoms with Crippen molar-refractivity contribution in [2.24, 2.45) is 5.84 Å².